The number of amides is 2. The van der Waals surface area contributed by atoms with E-state index in [1.54, 1.807) is 25.1 Å². The summed E-state index contributed by atoms with van der Waals surface area (Å²) in [4.78, 5) is 24.8. The second-order valence-corrected chi connectivity index (χ2v) is 6.20. The largest absolute Gasteiger partial charge is 0.339 e. The molecule has 1 heterocycles. The third kappa shape index (κ3) is 3.64. The minimum atomic E-state index is -0.735. The lowest BCUT2D eigenvalue weighted by Gasteiger charge is -2.15. The predicted molar refractivity (Wildman–Crippen MR) is 97.8 cm³/mol. The highest BCUT2D eigenvalue weighted by Gasteiger charge is 2.20. The smallest absolute Gasteiger partial charge is 0.273 e. The van der Waals surface area contributed by atoms with Crippen LogP contribution in [0.15, 0.2) is 42.5 Å². The van der Waals surface area contributed by atoms with Gasteiger partial charge in [0.2, 0.25) is 5.91 Å². The van der Waals surface area contributed by atoms with Crippen LogP contribution < -0.4 is 10.6 Å². The highest BCUT2D eigenvalue weighted by atomic mass is 35.5. The molecule has 0 aliphatic heterocycles. The van der Waals surface area contributed by atoms with Crippen LogP contribution in [0.4, 0.5) is 5.69 Å². The summed E-state index contributed by atoms with van der Waals surface area (Å²) in [5.41, 5.74) is 2.52. The van der Waals surface area contributed by atoms with Crippen molar-refractivity contribution < 1.29 is 9.59 Å². The number of carbonyl (C=O) groups excluding carboxylic acids is 2. The number of fused-ring (bicyclic) bond motifs is 1. The van der Waals surface area contributed by atoms with Crippen LogP contribution in [0.3, 0.4) is 0 Å². The molecule has 0 radical (unpaired) electrons. The Morgan fingerprint density at radius 3 is 2.76 bits per heavy atom. The van der Waals surface area contributed by atoms with Crippen molar-refractivity contribution in [2.24, 2.45) is 0 Å². The Morgan fingerprint density at radius 1 is 1.20 bits per heavy atom. The van der Waals surface area contributed by atoms with Gasteiger partial charge in [0.15, 0.2) is 5.69 Å². The van der Waals surface area contributed by atoms with Crippen molar-refractivity contribution >= 4 is 40.0 Å². The molecule has 1 aromatic heterocycles. The molecule has 0 spiro atoms. The fourth-order valence-corrected chi connectivity index (χ4v) is 2.61. The average Bonchev–Trinajstić information content (AvgIpc) is 3.02. The molecule has 0 saturated heterocycles. The molecule has 0 aliphatic rings. The van der Waals surface area contributed by atoms with E-state index in [0.717, 1.165) is 11.1 Å². The molecule has 1 unspecified atom stereocenters. The third-order valence-corrected chi connectivity index (χ3v) is 4.12. The Balaban J connectivity index is 1.71. The number of H-pyrrole nitrogens is 1. The van der Waals surface area contributed by atoms with Crippen LogP contribution >= 0.6 is 11.6 Å². The summed E-state index contributed by atoms with van der Waals surface area (Å²) in [7, 11) is 0. The summed E-state index contributed by atoms with van der Waals surface area (Å²) in [6.07, 6.45) is 0. The number of hydrogen-bond donors (Lipinski definition) is 3. The molecule has 6 nitrogen and oxygen atoms in total. The summed E-state index contributed by atoms with van der Waals surface area (Å²) in [5, 5.41) is 13.5. The van der Waals surface area contributed by atoms with Crippen LogP contribution in [-0.2, 0) is 4.79 Å². The van der Waals surface area contributed by atoms with E-state index in [0.29, 0.717) is 16.1 Å². The third-order valence-electron chi connectivity index (χ3n) is 3.88. The topological polar surface area (TPSA) is 86.9 Å². The zero-order valence-electron chi connectivity index (χ0n) is 13.8. The van der Waals surface area contributed by atoms with Gasteiger partial charge in [-0.15, -0.1) is 0 Å². The normalized spacial score (nSPS) is 12.0. The number of para-hydroxylation sites is 1. The zero-order chi connectivity index (χ0) is 18.0. The monoisotopic (exact) mass is 356 g/mol. The zero-order valence-corrected chi connectivity index (χ0v) is 14.5. The van der Waals surface area contributed by atoms with Gasteiger partial charge in [0, 0.05) is 16.1 Å². The Hall–Kier alpha value is -2.86. The number of aromatic nitrogens is 2. The number of aromatic amines is 1. The van der Waals surface area contributed by atoms with Crippen LogP contribution in [0.2, 0.25) is 5.02 Å². The summed E-state index contributed by atoms with van der Waals surface area (Å²) in [5.74, 6) is -0.749. The Morgan fingerprint density at radius 2 is 1.96 bits per heavy atom. The second-order valence-electron chi connectivity index (χ2n) is 5.76. The van der Waals surface area contributed by atoms with Gasteiger partial charge in [-0.05, 0) is 37.6 Å². The summed E-state index contributed by atoms with van der Waals surface area (Å²) in [6.45, 7) is 3.48. The number of rotatable bonds is 4. The molecule has 25 heavy (non-hydrogen) atoms. The molecule has 2 aromatic carbocycles. The number of halogens is 1. The van der Waals surface area contributed by atoms with Crippen molar-refractivity contribution in [1.82, 2.24) is 15.5 Å². The fourth-order valence-electron chi connectivity index (χ4n) is 2.44. The lowest BCUT2D eigenvalue weighted by atomic mass is 10.2. The molecule has 0 saturated carbocycles. The van der Waals surface area contributed by atoms with E-state index in [4.69, 9.17) is 11.6 Å². The number of carbonyl (C=O) groups is 2. The highest BCUT2D eigenvalue weighted by molar-refractivity contribution is 6.31. The van der Waals surface area contributed by atoms with Crippen molar-refractivity contribution in [2.75, 3.05) is 5.32 Å². The van der Waals surface area contributed by atoms with Gasteiger partial charge in [0.25, 0.3) is 5.91 Å². The Bertz CT molecular complexity index is 951. The molecule has 0 bridgehead atoms. The number of nitrogens with zero attached hydrogens (tertiary/aromatic N) is 1. The van der Waals surface area contributed by atoms with E-state index in [1.165, 1.54) is 0 Å². The van der Waals surface area contributed by atoms with Crippen LogP contribution in [0, 0.1) is 6.92 Å². The van der Waals surface area contributed by atoms with E-state index >= 15 is 0 Å². The molecule has 3 rings (SSSR count). The van der Waals surface area contributed by atoms with Crippen LogP contribution in [0.25, 0.3) is 10.9 Å². The first kappa shape index (κ1) is 17.0. The summed E-state index contributed by atoms with van der Waals surface area (Å²) in [6, 6.07) is 11.8. The Kier molecular flexibility index (Phi) is 4.72. The molecular formula is C18H17ClN4O2. The first-order valence-corrected chi connectivity index (χ1v) is 8.14. The number of anilines is 1. The van der Waals surface area contributed by atoms with Gasteiger partial charge in [-0.25, -0.2) is 0 Å². The SMILES string of the molecule is Cc1ccc(Cl)cc1NC(=O)C(C)NC(=O)c1n[nH]c2ccccc12. The van der Waals surface area contributed by atoms with Crippen molar-refractivity contribution in [3.05, 3.63) is 58.7 Å². The van der Waals surface area contributed by atoms with Crippen LogP contribution in [-0.4, -0.2) is 28.1 Å². The van der Waals surface area contributed by atoms with E-state index in [2.05, 4.69) is 20.8 Å². The highest BCUT2D eigenvalue weighted by Crippen LogP contribution is 2.20. The standard InChI is InChI=1S/C18H17ClN4O2/c1-10-7-8-12(19)9-15(10)21-17(24)11(2)20-18(25)16-13-5-3-4-6-14(13)22-23-16/h3-9,11H,1-2H3,(H,20,25)(H,21,24)(H,22,23). The first-order chi connectivity index (χ1) is 12.0. The van der Waals surface area contributed by atoms with Gasteiger partial charge < -0.3 is 10.6 Å². The lowest BCUT2D eigenvalue weighted by molar-refractivity contribution is -0.117. The number of benzene rings is 2. The molecular weight excluding hydrogens is 340 g/mol. The number of nitrogens with one attached hydrogen (secondary N) is 3. The molecule has 128 valence electrons. The maximum atomic E-state index is 12.4. The molecule has 0 fully saturated rings. The molecule has 7 heteroatoms. The maximum Gasteiger partial charge on any atom is 0.273 e. The molecule has 0 aliphatic carbocycles. The first-order valence-electron chi connectivity index (χ1n) is 7.76. The average molecular weight is 357 g/mol. The molecule has 1 atom stereocenters. The Labute approximate surface area is 149 Å². The second kappa shape index (κ2) is 6.94. The van der Waals surface area contributed by atoms with Gasteiger partial charge in [0.1, 0.15) is 6.04 Å². The van der Waals surface area contributed by atoms with E-state index < -0.39 is 11.9 Å². The number of aryl methyl sites for hydroxylation is 1. The minimum Gasteiger partial charge on any atom is -0.339 e. The van der Waals surface area contributed by atoms with Gasteiger partial charge in [-0.2, -0.15) is 5.10 Å². The number of hydrogen-bond acceptors (Lipinski definition) is 3. The van der Waals surface area contributed by atoms with Crippen molar-refractivity contribution in [1.29, 1.82) is 0 Å². The van der Waals surface area contributed by atoms with Crippen LogP contribution in [0.5, 0.6) is 0 Å². The molecule has 2 amide bonds. The van der Waals surface area contributed by atoms with E-state index in [9.17, 15) is 9.59 Å². The van der Waals surface area contributed by atoms with E-state index in [1.807, 2.05) is 31.2 Å². The van der Waals surface area contributed by atoms with Gasteiger partial charge in [-0.3, -0.25) is 14.7 Å². The van der Waals surface area contributed by atoms with Crippen molar-refractivity contribution in [3.8, 4) is 0 Å². The van der Waals surface area contributed by atoms with Gasteiger partial charge in [0.05, 0.1) is 5.52 Å². The maximum absolute atomic E-state index is 12.4. The van der Waals surface area contributed by atoms with Gasteiger partial charge >= 0.3 is 0 Å². The lowest BCUT2D eigenvalue weighted by Crippen LogP contribution is -2.41. The van der Waals surface area contributed by atoms with Crippen LogP contribution in [0.1, 0.15) is 23.0 Å². The summed E-state index contributed by atoms with van der Waals surface area (Å²) < 4.78 is 0. The van der Waals surface area contributed by atoms with Crippen molar-refractivity contribution in [3.63, 3.8) is 0 Å². The molecule has 3 N–H and O–H groups in total. The van der Waals surface area contributed by atoms with E-state index in [-0.39, 0.29) is 11.6 Å². The quantitative estimate of drug-likeness (QED) is 0.670. The predicted octanol–water partition coefficient (Wildman–Crippen LogP) is 3.28. The molecule has 3 aromatic rings. The fraction of sp³-hybridized carbons (Fsp3) is 0.167. The van der Waals surface area contributed by atoms with Crippen molar-refractivity contribution in [2.45, 2.75) is 19.9 Å². The summed E-state index contributed by atoms with van der Waals surface area (Å²) >= 11 is 5.95. The van der Waals surface area contributed by atoms with Gasteiger partial charge in [-0.1, -0.05) is 35.9 Å². The minimum absolute atomic E-state index is 0.259.